The molecule has 3 nitrogen and oxygen atoms in total. The van der Waals surface area contributed by atoms with E-state index in [1.165, 1.54) is 17.5 Å². The maximum Gasteiger partial charge on any atom is 0.230 e. The lowest BCUT2D eigenvalue weighted by Crippen LogP contribution is -2.47. The molecular weight excluding hydrogens is 236 g/mol. The van der Waals surface area contributed by atoms with Gasteiger partial charge in [-0.05, 0) is 30.9 Å². The van der Waals surface area contributed by atoms with Gasteiger partial charge < -0.3 is 11.1 Å². The molecule has 19 heavy (non-hydrogen) atoms. The highest BCUT2D eigenvalue weighted by Crippen LogP contribution is 2.41. The summed E-state index contributed by atoms with van der Waals surface area (Å²) in [5.41, 5.74) is 7.58. The Kier molecular flexibility index (Phi) is 4.59. The minimum absolute atomic E-state index is 0.159. The van der Waals surface area contributed by atoms with Gasteiger partial charge in [0.15, 0.2) is 0 Å². The van der Waals surface area contributed by atoms with Crippen LogP contribution in [0.15, 0.2) is 24.3 Å². The highest BCUT2D eigenvalue weighted by Gasteiger charge is 2.41. The van der Waals surface area contributed by atoms with Crippen molar-refractivity contribution in [3.63, 3.8) is 0 Å². The maximum absolute atomic E-state index is 12.7. The molecule has 104 valence electrons. The molecule has 3 heteroatoms. The zero-order chi connectivity index (χ0) is 13.7. The van der Waals surface area contributed by atoms with E-state index in [1.54, 1.807) is 0 Å². The van der Waals surface area contributed by atoms with E-state index < -0.39 is 0 Å². The number of rotatable bonds is 4. The van der Waals surface area contributed by atoms with Crippen LogP contribution in [0.2, 0.25) is 0 Å². The fraction of sp³-hybridized carbons (Fsp3) is 0.562. The first-order chi connectivity index (χ1) is 9.20. The molecule has 0 saturated heterocycles. The molecule has 1 saturated carbocycles. The van der Waals surface area contributed by atoms with Crippen molar-refractivity contribution in [3.8, 4) is 0 Å². The molecule has 0 bridgehead atoms. The monoisotopic (exact) mass is 260 g/mol. The van der Waals surface area contributed by atoms with Crippen LogP contribution in [0, 0.1) is 6.92 Å². The molecule has 1 aliphatic rings. The summed E-state index contributed by atoms with van der Waals surface area (Å²) in [5.74, 6) is 0.159. The molecule has 0 aliphatic heterocycles. The van der Waals surface area contributed by atoms with Gasteiger partial charge in [-0.1, -0.05) is 43.5 Å². The van der Waals surface area contributed by atoms with E-state index in [0.29, 0.717) is 13.1 Å². The van der Waals surface area contributed by atoms with Crippen molar-refractivity contribution in [1.82, 2.24) is 5.32 Å². The standard InChI is InChI=1S/C16H24N2O/c1-13-7-3-4-8-14(13)16(9-5-2-6-10-16)15(19)18-12-11-17/h3-4,7-8H,2,5-6,9-12,17H2,1H3,(H,18,19). The summed E-state index contributed by atoms with van der Waals surface area (Å²) in [5, 5.41) is 3.00. The van der Waals surface area contributed by atoms with Crippen LogP contribution >= 0.6 is 0 Å². The molecule has 1 aliphatic carbocycles. The van der Waals surface area contributed by atoms with Crippen LogP contribution in [0.5, 0.6) is 0 Å². The molecule has 0 radical (unpaired) electrons. The highest BCUT2D eigenvalue weighted by molar-refractivity contribution is 5.88. The van der Waals surface area contributed by atoms with Gasteiger partial charge in [0.1, 0.15) is 0 Å². The second-order valence-electron chi connectivity index (χ2n) is 5.50. The van der Waals surface area contributed by atoms with Crippen LogP contribution in [0.3, 0.4) is 0 Å². The average molecular weight is 260 g/mol. The van der Waals surface area contributed by atoms with Crippen molar-refractivity contribution in [3.05, 3.63) is 35.4 Å². The fourth-order valence-electron chi connectivity index (χ4n) is 3.24. The molecule has 3 N–H and O–H groups in total. The van der Waals surface area contributed by atoms with Crippen molar-refractivity contribution in [2.75, 3.05) is 13.1 Å². The van der Waals surface area contributed by atoms with Gasteiger partial charge in [0.05, 0.1) is 5.41 Å². The fourth-order valence-corrected chi connectivity index (χ4v) is 3.24. The number of aryl methyl sites for hydroxylation is 1. The van der Waals surface area contributed by atoms with Crippen LogP contribution in [-0.2, 0) is 10.2 Å². The van der Waals surface area contributed by atoms with Gasteiger partial charge in [0.2, 0.25) is 5.91 Å². The van der Waals surface area contributed by atoms with Crippen LogP contribution in [0.4, 0.5) is 0 Å². The van der Waals surface area contributed by atoms with Crippen molar-refractivity contribution in [2.45, 2.75) is 44.4 Å². The SMILES string of the molecule is Cc1ccccc1C1(C(=O)NCCN)CCCCC1. The van der Waals surface area contributed by atoms with Crippen molar-refractivity contribution in [2.24, 2.45) is 5.73 Å². The molecule has 0 unspecified atom stereocenters. The molecule has 1 aromatic carbocycles. The zero-order valence-electron chi connectivity index (χ0n) is 11.7. The van der Waals surface area contributed by atoms with E-state index in [0.717, 1.165) is 25.7 Å². The van der Waals surface area contributed by atoms with Crippen LogP contribution in [-0.4, -0.2) is 19.0 Å². The van der Waals surface area contributed by atoms with E-state index >= 15 is 0 Å². The third kappa shape index (κ3) is 2.81. The van der Waals surface area contributed by atoms with Crippen molar-refractivity contribution >= 4 is 5.91 Å². The normalized spacial score (nSPS) is 18.0. The van der Waals surface area contributed by atoms with Crippen molar-refractivity contribution in [1.29, 1.82) is 0 Å². The van der Waals surface area contributed by atoms with E-state index in [1.807, 2.05) is 12.1 Å². The van der Waals surface area contributed by atoms with Gasteiger partial charge in [-0.3, -0.25) is 4.79 Å². The largest absolute Gasteiger partial charge is 0.354 e. The number of benzene rings is 1. The summed E-state index contributed by atoms with van der Waals surface area (Å²) >= 11 is 0. The minimum atomic E-state index is -0.335. The summed E-state index contributed by atoms with van der Waals surface area (Å²) in [6.07, 6.45) is 5.40. The van der Waals surface area contributed by atoms with Gasteiger partial charge >= 0.3 is 0 Å². The van der Waals surface area contributed by atoms with Gasteiger partial charge in [-0.2, -0.15) is 0 Å². The van der Waals surface area contributed by atoms with E-state index in [4.69, 9.17) is 5.73 Å². The summed E-state index contributed by atoms with van der Waals surface area (Å²) < 4.78 is 0. The third-order valence-electron chi connectivity index (χ3n) is 4.23. The molecule has 1 aromatic rings. The predicted molar refractivity (Wildman–Crippen MR) is 78.0 cm³/mol. The first kappa shape index (κ1) is 14.1. The number of hydrogen-bond donors (Lipinski definition) is 2. The van der Waals surface area contributed by atoms with E-state index in [2.05, 4.69) is 24.4 Å². The summed E-state index contributed by atoms with van der Waals surface area (Å²) in [4.78, 5) is 12.7. The third-order valence-corrected chi connectivity index (χ3v) is 4.23. The van der Waals surface area contributed by atoms with E-state index in [-0.39, 0.29) is 11.3 Å². The Morgan fingerprint density at radius 2 is 1.95 bits per heavy atom. The lowest BCUT2D eigenvalue weighted by Gasteiger charge is -2.37. The Morgan fingerprint density at radius 3 is 2.58 bits per heavy atom. The number of nitrogens with two attached hydrogens (primary N) is 1. The summed E-state index contributed by atoms with van der Waals surface area (Å²) in [7, 11) is 0. The number of carbonyl (C=O) groups excluding carboxylic acids is 1. The quantitative estimate of drug-likeness (QED) is 0.872. The molecule has 0 heterocycles. The number of amides is 1. The lowest BCUT2D eigenvalue weighted by atomic mass is 9.67. The molecular formula is C16H24N2O. The number of carbonyl (C=O) groups is 1. The molecule has 2 rings (SSSR count). The Bertz CT molecular complexity index is 436. The van der Waals surface area contributed by atoms with Crippen LogP contribution in [0.1, 0.15) is 43.2 Å². The maximum atomic E-state index is 12.7. The van der Waals surface area contributed by atoms with E-state index in [9.17, 15) is 4.79 Å². The number of nitrogens with one attached hydrogen (secondary N) is 1. The molecule has 0 spiro atoms. The Balaban J connectivity index is 2.34. The summed E-state index contributed by atoms with van der Waals surface area (Å²) in [6.45, 7) is 3.16. The highest BCUT2D eigenvalue weighted by atomic mass is 16.2. The topological polar surface area (TPSA) is 55.1 Å². The van der Waals surface area contributed by atoms with Crippen LogP contribution < -0.4 is 11.1 Å². The van der Waals surface area contributed by atoms with Gasteiger partial charge in [-0.25, -0.2) is 0 Å². The smallest absolute Gasteiger partial charge is 0.230 e. The number of hydrogen-bond acceptors (Lipinski definition) is 2. The first-order valence-electron chi connectivity index (χ1n) is 7.25. The first-order valence-corrected chi connectivity index (χ1v) is 7.25. The van der Waals surface area contributed by atoms with Crippen LogP contribution in [0.25, 0.3) is 0 Å². The Labute approximate surface area is 115 Å². The lowest BCUT2D eigenvalue weighted by molar-refractivity contribution is -0.128. The van der Waals surface area contributed by atoms with Gasteiger partial charge in [-0.15, -0.1) is 0 Å². The second kappa shape index (κ2) is 6.20. The molecule has 0 atom stereocenters. The molecule has 1 fully saturated rings. The van der Waals surface area contributed by atoms with Crippen molar-refractivity contribution < 1.29 is 4.79 Å². The Hall–Kier alpha value is -1.35. The molecule has 0 aromatic heterocycles. The predicted octanol–water partition coefficient (Wildman–Crippen LogP) is 2.27. The second-order valence-corrected chi connectivity index (χ2v) is 5.50. The van der Waals surface area contributed by atoms with Gasteiger partial charge in [0, 0.05) is 13.1 Å². The average Bonchev–Trinajstić information content (AvgIpc) is 2.46. The Morgan fingerprint density at radius 1 is 1.26 bits per heavy atom. The zero-order valence-corrected chi connectivity index (χ0v) is 11.7. The minimum Gasteiger partial charge on any atom is -0.354 e. The summed E-state index contributed by atoms with van der Waals surface area (Å²) in [6, 6.07) is 8.28. The molecule has 1 amide bonds. The van der Waals surface area contributed by atoms with Gasteiger partial charge in [0.25, 0.3) is 0 Å².